The van der Waals surface area contributed by atoms with E-state index in [1.165, 1.54) is 11.3 Å². The predicted molar refractivity (Wildman–Crippen MR) is 125 cm³/mol. The van der Waals surface area contributed by atoms with Gasteiger partial charge in [-0.2, -0.15) is 5.10 Å². The molecule has 1 atom stereocenters. The molecule has 0 aliphatic carbocycles. The van der Waals surface area contributed by atoms with Gasteiger partial charge in [-0.05, 0) is 44.0 Å². The second-order valence-electron chi connectivity index (χ2n) is 7.75. The Morgan fingerprint density at radius 2 is 2.09 bits per heavy atom. The van der Waals surface area contributed by atoms with E-state index in [9.17, 15) is 4.79 Å². The Labute approximate surface area is 190 Å². The van der Waals surface area contributed by atoms with Crippen molar-refractivity contribution in [1.82, 2.24) is 14.8 Å². The maximum Gasteiger partial charge on any atom is 0.263 e. The van der Waals surface area contributed by atoms with Crippen molar-refractivity contribution in [3.05, 3.63) is 66.0 Å². The van der Waals surface area contributed by atoms with Gasteiger partial charge in [-0.15, -0.1) is 0 Å². The zero-order valence-electron chi connectivity index (χ0n) is 18.0. The number of carbonyl (C=O) groups excluding carboxylic acids is 1. The average molecular weight is 449 g/mol. The molecular weight excluding hydrogens is 424 g/mol. The van der Waals surface area contributed by atoms with Crippen molar-refractivity contribution >= 4 is 32.6 Å². The lowest BCUT2D eigenvalue weighted by atomic mass is 10.2. The Morgan fingerprint density at radius 3 is 2.84 bits per heavy atom. The molecule has 3 heterocycles. The molecule has 5 rings (SSSR count). The first-order chi connectivity index (χ1) is 15.7. The molecular formula is C24H24N4O3S. The van der Waals surface area contributed by atoms with Crippen LogP contribution in [0, 0.1) is 6.92 Å². The molecule has 0 bridgehead atoms. The summed E-state index contributed by atoms with van der Waals surface area (Å²) in [7, 11) is 1.63. The van der Waals surface area contributed by atoms with E-state index in [0.29, 0.717) is 23.0 Å². The number of rotatable bonds is 6. The summed E-state index contributed by atoms with van der Waals surface area (Å²) < 4.78 is 14.1. The molecule has 4 aromatic rings. The summed E-state index contributed by atoms with van der Waals surface area (Å²) in [6, 6.07) is 15.6. The fourth-order valence-electron chi connectivity index (χ4n) is 4.03. The molecule has 164 valence electrons. The minimum Gasteiger partial charge on any atom is -0.494 e. The van der Waals surface area contributed by atoms with E-state index in [0.717, 1.165) is 41.0 Å². The number of benzene rings is 2. The molecule has 0 saturated carbocycles. The van der Waals surface area contributed by atoms with Crippen LogP contribution in [-0.2, 0) is 4.74 Å². The highest BCUT2D eigenvalue weighted by atomic mass is 32.1. The molecule has 8 heteroatoms. The highest BCUT2D eigenvalue weighted by Crippen LogP contribution is 2.35. The van der Waals surface area contributed by atoms with Gasteiger partial charge in [0.25, 0.3) is 5.91 Å². The van der Waals surface area contributed by atoms with Crippen LogP contribution < -0.4 is 9.64 Å². The number of carbonyl (C=O) groups is 1. The van der Waals surface area contributed by atoms with Crippen LogP contribution in [0.3, 0.4) is 0 Å². The van der Waals surface area contributed by atoms with E-state index in [4.69, 9.17) is 14.5 Å². The molecule has 7 nitrogen and oxygen atoms in total. The molecule has 1 amide bonds. The van der Waals surface area contributed by atoms with Gasteiger partial charge in [-0.25, -0.2) is 9.67 Å². The topological polar surface area (TPSA) is 69.5 Å². The van der Waals surface area contributed by atoms with Crippen molar-refractivity contribution in [2.75, 3.05) is 25.2 Å². The number of hydrogen-bond donors (Lipinski definition) is 0. The number of aromatic nitrogens is 3. The third-order valence-electron chi connectivity index (χ3n) is 5.72. The molecule has 1 fully saturated rings. The number of thiazole rings is 1. The smallest absolute Gasteiger partial charge is 0.263 e. The van der Waals surface area contributed by atoms with Gasteiger partial charge >= 0.3 is 0 Å². The number of methoxy groups -OCH3 is 1. The summed E-state index contributed by atoms with van der Waals surface area (Å²) in [4.78, 5) is 20.3. The fraction of sp³-hybridized carbons (Fsp3) is 0.292. The minimum absolute atomic E-state index is 0.00247. The largest absolute Gasteiger partial charge is 0.494 e. The van der Waals surface area contributed by atoms with Crippen molar-refractivity contribution in [1.29, 1.82) is 0 Å². The van der Waals surface area contributed by atoms with Crippen molar-refractivity contribution in [3.8, 4) is 11.4 Å². The van der Waals surface area contributed by atoms with Crippen LogP contribution in [0.5, 0.6) is 5.75 Å². The third-order valence-corrected chi connectivity index (χ3v) is 6.76. The molecule has 1 unspecified atom stereocenters. The van der Waals surface area contributed by atoms with Crippen LogP contribution >= 0.6 is 11.3 Å². The first-order valence-electron chi connectivity index (χ1n) is 10.6. The molecule has 2 aromatic heterocycles. The van der Waals surface area contributed by atoms with Gasteiger partial charge in [0.05, 0.1) is 47.6 Å². The second-order valence-corrected chi connectivity index (χ2v) is 8.75. The van der Waals surface area contributed by atoms with E-state index in [1.807, 2.05) is 55.5 Å². The lowest BCUT2D eigenvalue weighted by Crippen LogP contribution is -2.37. The van der Waals surface area contributed by atoms with Crippen LogP contribution in [0.25, 0.3) is 15.9 Å². The molecule has 2 aromatic carbocycles. The number of amides is 1. The van der Waals surface area contributed by atoms with E-state index >= 15 is 0 Å². The van der Waals surface area contributed by atoms with E-state index in [1.54, 1.807) is 22.9 Å². The Hall–Kier alpha value is -3.23. The molecule has 32 heavy (non-hydrogen) atoms. The summed E-state index contributed by atoms with van der Waals surface area (Å²) >= 11 is 1.48. The normalized spacial score (nSPS) is 15.9. The molecule has 0 N–H and O–H groups in total. The van der Waals surface area contributed by atoms with Gasteiger partial charge in [-0.1, -0.05) is 35.6 Å². The van der Waals surface area contributed by atoms with Gasteiger partial charge < -0.3 is 9.47 Å². The number of fused-ring (bicyclic) bond motifs is 1. The first kappa shape index (κ1) is 20.7. The number of nitrogens with zero attached hydrogens (tertiary/aromatic N) is 4. The van der Waals surface area contributed by atoms with Crippen molar-refractivity contribution in [3.63, 3.8) is 0 Å². The second kappa shape index (κ2) is 8.72. The summed E-state index contributed by atoms with van der Waals surface area (Å²) in [6.07, 6.45) is 3.57. The monoisotopic (exact) mass is 448 g/mol. The highest BCUT2D eigenvalue weighted by molar-refractivity contribution is 7.22. The molecule has 0 radical (unpaired) electrons. The zero-order chi connectivity index (χ0) is 22.1. The average Bonchev–Trinajstić information content (AvgIpc) is 3.57. The summed E-state index contributed by atoms with van der Waals surface area (Å²) in [5.74, 6) is 0.570. The minimum atomic E-state index is -0.127. The standard InChI is InChI=1S/C24H24N4O3S/c1-16-19(14-25-28(16)17-8-4-3-5-9-17)23(29)27(15-18-10-7-13-31-18)24-26-22-20(30-2)11-6-12-21(22)32-24/h3-6,8-9,11-12,14,18H,7,10,13,15H2,1-2H3. The number of hydrogen-bond acceptors (Lipinski definition) is 6. The van der Waals surface area contributed by atoms with Gasteiger partial charge in [0.15, 0.2) is 5.13 Å². The molecule has 1 aliphatic rings. The van der Waals surface area contributed by atoms with Crippen molar-refractivity contribution in [2.45, 2.75) is 25.9 Å². The number of anilines is 1. The maximum atomic E-state index is 13.8. The summed E-state index contributed by atoms with van der Waals surface area (Å²) in [6.45, 7) is 3.10. The van der Waals surface area contributed by atoms with E-state index in [-0.39, 0.29) is 12.0 Å². The lowest BCUT2D eigenvalue weighted by molar-refractivity contribution is 0.0917. The fourth-order valence-corrected chi connectivity index (χ4v) is 5.02. The van der Waals surface area contributed by atoms with Crippen LogP contribution in [0.15, 0.2) is 54.7 Å². The van der Waals surface area contributed by atoms with Crippen molar-refractivity contribution in [2.24, 2.45) is 0 Å². The summed E-state index contributed by atoms with van der Waals surface area (Å²) in [5, 5.41) is 5.12. The van der Waals surface area contributed by atoms with Crippen LogP contribution in [0.4, 0.5) is 5.13 Å². The van der Waals surface area contributed by atoms with Crippen molar-refractivity contribution < 1.29 is 14.3 Å². The third kappa shape index (κ3) is 3.76. The number of ether oxygens (including phenoxy) is 2. The van der Waals surface area contributed by atoms with E-state index in [2.05, 4.69) is 5.10 Å². The zero-order valence-corrected chi connectivity index (χ0v) is 18.8. The van der Waals surface area contributed by atoms with E-state index < -0.39 is 0 Å². The Morgan fingerprint density at radius 1 is 1.25 bits per heavy atom. The quantitative estimate of drug-likeness (QED) is 0.430. The van der Waals surface area contributed by atoms with Crippen LogP contribution in [-0.4, -0.2) is 47.0 Å². The SMILES string of the molecule is COc1cccc2sc(N(CC3CCCO3)C(=O)c3cnn(-c4ccccc4)c3C)nc12. The van der Waals surface area contributed by atoms with Crippen LogP contribution in [0.1, 0.15) is 28.9 Å². The Bertz CT molecular complexity index is 1240. The predicted octanol–water partition coefficient (Wildman–Crippen LogP) is 4.62. The van der Waals surface area contributed by atoms with Crippen LogP contribution in [0.2, 0.25) is 0 Å². The first-order valence-corrected chi connectivity index (χ1v) is 11.4. The lowest BCUT2D eigenvalue weighted by Gasteiger charge is -2.23. The highest BCUT2D eigenvalue weighted by Gasteiger charge is 2.29. The molecule has 0 spiro atoms. The molecule has 1 saturated heterocycles. The summed E-state index contributed by atoms with van der Waals surface area (Å²) in [5.41, 5.74) is 3.02. The Balaban J connectivity index is 1.54. The number of para-hydroxylation sites is 2. The molecule has 1 aliphatic heterocycles. The van der Waals surface area contributed by atoms with Gasteiger partial charge in [0, 0.05) is 6.61 Å². The Kier molecular flexibility index (Phi) is 5.63. The van der Waals surface area contributed by atoms with Gasteiger partial charge in [0.1, 0.15) is 11.3 Å². The maximum absolute atomic E-state index is 13.8. The van der Waals surface area contributed by atoms with Gasteiger partial charge in [0.2, 0.25) is 0 Å². The van der Waals surface area contributed by atoms with Gasteiger partial charge in [-0.3, -0.25) is 9.69 Å².